The maximum atomic E-state index is 13.2. The molecule has 0 saturated heterocycles. The lowest BCUT2D eigenvalue weighted by Gasteiger charge is -2.10. The van der Waals surface area contributed by atoms with Crippen molar-refractivity contribution in [2.45, 2.75) is 13.5 Å². The van der Waals surface area contributed by atoms with Crippen LogP contribution >= 0.6 is 0 Å². The Balaban J connectivity index is 2.15. The molecule has 0 aromatic heterocycles. The number of nitriles is 1. The van der Waals surface area contributed by atoms with Gasteiger partial charge in [0.2, 0.25) is 0 Å². The highest BCUT2D eigenvalue weighted by atomic mass is 19.1. The smallest absolute Gasteiger partial charge is 0.140 e. The van der Waals surface area contributed by atoms with Gasteiger partial charge in [0.05, 0.1) is 5.56 Å². The molecule has 0 atom stereocenters. The second-order valence-corrected chi connectivity index (χ2v) is 4.24. The van der Waals surface area contributed by atoms with Crippen LogP contribution in [0.15, 0.2) is 36.4 Å². The third-order valence-electron chi connectivity index (χ3n) is 2.83. The number of nitrogens with one attached hydrogen (secondary N) is 1. The van der Waals surface area contributed by atoms with E-state index >= 15 is 0 Å². The minimum atomic E-state index is -0.534. The largest absolute Gasteiger partial charge is 0.381 e. The molecule has 0 amide bonds. The third kappa shape index (κ3) is 3.08. The first-order chi connectivity index (χ1) is 9.10. The van der Waals surface area contributed by atoms with Crippen LogP contribution in [0.25, 0.3) is 0 Å². The van der Waals surface area contributed by atoms with E-state index in [0.29, 0.717) is 12.2 Å². The maximum Gasteiger partial charge on any atom is 0.140 e. The van der Waals surface area contributed by atoms with E-state index in [0.717, 1.165) is 11.1 Å². The molecule has 1 N–H and O–H groups in total. The van der Waals surface area contributed by atoms with Gasteiger partial charge in [-0.3, -0.25) is 0 Å². The fourth-order valence-corrected chi connectivity index (χ4v) is 1.75. The summed E-state index contributed by atoms with van der Waals surface area (Å²) < 4.78 is 26.3. The highest BCUT2D eigenvalue weighted by Gasteiger charge is 2.04. The molecule has 2 aromatic carbocycles. The molecule has 0 aliphatic carbocycles. The van der Waals surface area contributed by atoms with Gasteiger partial charge >= 0.3 is 0 Å². The molecule has 19 heavy (non-hydrogen) atoms. The quantitative estimate of drug-likeness (QED) is 0.909. The van der Waals surface area contributed by atoms with E-state index in [-0.39, 0.29) is 11.4 Å². The van der Waals surface area contributed by atoms with Crippen LogP contribution in [0.4, 0.5) is 14.5 Å². The second-order valence-electron chi connectivity index (χ2n) is 4.24. The lowest BCUT2D eigenvalue weighted by molar-refractivity contribution is 0.623. The van der Waals surface area contributed by atoms with Crippen molar-refractivity contribution in [2.24, 2.45) is 0 Å². The summed E-state index contributed by atoms with van der Waals surface area (Å²) in [5.74, 6) is -0.849. The van der Waals surface area contributed by atoms with Gasteiger partial charge in [0, 0.05) is 12.2 Å². The lowest BCUT2D eigenvalue weighted by atomic mass is 10.1. The van der Waals surface area contributed by atoms with Crippen molar-refractivity contribution in [1.82, 2.24) is 0 Å². The molecule has 0 fully saturated rings. The normalized spacial score (nSPS) is 10.0. The van der Waals surface area contributed by atoms with Crippen molar-refractivity contribution in [3.05, 3.63) is 64.7 Å². The summed E-state index contributed by atoms with van der Waals surface area (Å²) >= 11 is 0. The number of hydrogen-bond donors (Lipinski definition) is 1. The Morgan fingerprint density at radius 3 is 2.68 bits per heavy atom. The first kappa shape index (κ1) is 13.0. The van der Waals surface area contributed by atoms with Crippen molar-refractivity contribution < 1.29 is 8.78 Å². The predicted octanol–water partition coefficient (Wildman–Crippen LogP) is 3.76. The molecular formula is C15H12F2N2. The van der Waals surface area contributed by atoms with Crippen LogP contribution in [0.3, 0.4) is 0 Å². The molecule has 0 unspecified atom stereocenters. The van der Waals surface area contributed by atoms with Gasteiger partial charge in [0.25, 0.3) is 0 Å². The highest BCUT2D eigenvalue weighted by molar-refractivity contribution is 5.51. The van der Waals surface area contributed by atoms with Gasteiger partial charge < -0.3 is 5.32 Å². The topological polar surface area (TPSA) is 35.8 Å². The minimum absolute atomic E-state index is 0.00950. The molecule has 0 aliphatic rings. The average molecular weight is 258 g/mol. The van der Waals surface area contributed by atoms with Gasteiger partial charge in [-0.2, -0.15) is 5.26 Å². The zero-order valence-electron chi connectivity index (χ0n) is 10.4. The molecule has 0 heterocycles. The second kappa shape index (κ2) is 5.49. The fourth-order valence-electron chi connectivity index (χ4n) is 1.75. The molecular weight excluding hydrogens is 246 g/mol. The highest BCUT2D eigenvalue weighted by Crippen LogP contribution is 2.17. The Bertz CT molecular complexity index is 645. The van der Waals surface area contributed by atoms with Crippen LogP contribution in [0.1, 0.15) is 16.7 Å². The predicted molar refractivity (Wildman–Crippen MR) is 69.6 cm³/mol. The van der Waals surface area contributed by atoms with E-state index in [1.54, 1.807) is 18.2 Å². The van der Waals surface area contributed by atoms with E-state index in [4.69, 9.17) is 5.26 Å². The zero-order chi connectivity index (χ0) is 13.8. The third-order valence-corrected chi connectivity index (χ3v) is 2.83. The summed E-state index contributed by atoms with van der Waals surface area (Å²) in [4.78, 5) is 0. The van der Waals surface area contributed by atoms with E-state index < -0.39 is 5.82 Å². The molecule has 2 nitrogen and oxygen atoms in total. The van der Waals surface area contributed by atoms with E-state index in [1.807, 2.05) is 6.92 Å². The fraction of sp³-hybridized carbons (Fsp3) is 0.133. The Labute approximate surface area is 110 Å². The molecule has 2 aromatic rings. The summed E-state index contributed by atoms with van der Waals surface area (Å²) in [5.41, 5.74) is 2.38. The maximum absolute atomic E-state index is 13.2. The van der Waals surface area contributed by atoms with E-state index in [9.17, 15) is 8.78 Å². The summed E-state index contributed by atoms with van der Waals surface area (Å²) in [5, 5.41) is 11.8. The number of halogens is 2. The van der Waals surface area contributed by atoms with Gasteiger partial charge in [-0.05, 0) is 42.3 Å². The molecule has 0 radical (unpaired) electrons. The van der Waals surface area contributed by atoms with Crippen LogP contribution in [-0.4, -0.2) is 0 Å². The van der Waals surface area contributed by atoms with Gasteiger partial charge in [0.15, 0.2) is 0 Å². The summed E-state index contributed by atoms with van der Waals surface area (Å²) in [6.07, 6.45) is 0. The number of anilines is 1. The SMILES string of the molecule is Cc1ccc(F)cc1NCc1ccc(F)c(C#N)c1. The van der Waals surface area contributed by atoms with E-state index in [1.165, 1.54) is 24.3 Å². The van der Waals surface area contributed by atoms with Crippen LogP contribution in [0.2, 0.25) is 0 Å². The number of nitrogens with zero attached hydrogens (tertiary/aromatic N) is 1. The monoisotopic (exact) mass is 258 g/mol. The van der Waals surface area contributed by atoms with Crippen molar-refractivity contribution in [1.29, 1.82) is 5.26 Å². The number of hydrogen-bond acceptors (Lipinski definition) is 2. The Morgan fingerprint density at radius 1 is 1.16 bits per heavy atom. The average Bonchev–Trinajstić information content (AvgIpc) is 2.41. The first-order valence-corrected chi connectivity index (χ1v) is 5.78. The van der Waals surface area contributed by atoms with Crippen LogP contribution in [0.5, 0.6) is 0 Å². The van der Waals surface area contributed by atoms with Crippen LogP contribution in [-0.2, 0) is 6.54 Å². The molecule has 0 aliphatic heterocycles. The van der Waals surface area contributed by atoms with E-state index in [2.05, 4.69) is 5.32 Å². The van der Waals surface area contributed by atoms with Crippen molar-refractivity contribution in [3.63, 3.8) is 0 Å². The first-order valence-electron chi connectivity index (χ1n) is 5.78. The molecule has 96 valence electrons. The molecule has 2 rings (SSSR count). The molecule has 4 heteroatoms. The van der Waals surface area contributed by atoms with Crippen molar-refractivity contribution in [3.8, 4) is 6.07 Å². The van der Waals surface area contributed by atoms with Crippen LogP contribution in [0, 0.1) is 29.9 Å². The summed E-state index contributed by atoms with van der Waals surface area (Å²) in [6, 6.07) is 10.6. The van der Waals surface area contributed by atoms with Gasteiger partial charge in [-0.15, -0.1) is 0 Å². The van der Waals surface area contributed by atoms with Gasteiger partial charge in [-0.25, -0.2) is 8.78 Å². The van der Waals surface area contributed by atoms with Gasteiger partial charge in [-0.1, -0.05) is 12.1 Å². The Morgan fingerprint density at radius 2 is 1.95 bits per heavy atom. The van der Waals surface area contributed by atoms with Crippen LogP contribution < -0.4 is 5.32 Å². The van der Waals surface area contributed by atoms with Crippen molar-refractivity contribution >= 4 is 5.69 Å². The van der Waals surface area contributed by atoms with Crippen molar-refractivity contribution in [2.75, 3.05) is 5.32 Å². The summed E-state index contributed by atoms with van der Waals surface area (Å²) in [6.45, 7) is 2.27. The number of aryl methyl sites for hydroxylation is 1. The number of rotatable bonds is 3. The minimum Gasteiger partial charge on any atom is -0.381 e. The zero-order valence-corrected chi connectivity index (χ0v) is 10.4. The molecule has 0 bridgehead atoms. The Kier molecular flexibility index (Phi) is 3.76. The molecule has 0 spiro atoms. The molecule has 0 saturated carbocycles. The Hall–Kier alpha value is -2.41. The standard InChI is InChI=1S/C15H12F2N2/c1-10-2-4-13(16)7-15(10)19-9-11-3-5-14(17)12(6-11)8-18/h2-7,19H,9H2,1H3. The summed E-state index contributed by atoms with van der Waals surface area (Å²) in [7, 11) is 0. The van der Waals surface area contributed by atoms with Gasteiger partial charge in [0.1, 0.15) is 17.7 Å². The number of benzene rings is 2. The lowest BCUT2D eigenvalue weighted by Crippen LogP contribution is -2.02.